The molecule has 1 amide bonds. The van der Waals surface area contributed by atoms with Gasteiger partial charge in [-0.05, 0) is 24.6 Å². The average molecular weight is 321 g/mol. The maximum absolute atomic E-state index is 11.0. The smallest absolute Gasteiger partial charge is 0.410 e. The van der Waals surface area contributed by atoms with Crippen molar-refractivity contribution in [2.24, 2.45) is 5.73 Å². The minimum absolute atomic E-state index is 0.0888. The van der Waals surface area contributed by atoms with Crippen LogP contribution in [0.4, 0.5) is 4.79 Å². The normalized spacial score (nSPS) is 17.5. The first-order valence-corrected chi connectivity index (χ1v) is 7.03. The van der Waals surface area contributed by atoms with Crippen LogP contribution in [-0.2, 0) is 4.74 Å². The van der Waals surface area contributed by atoms with Crippen LogP contribution in [0.2, 0.25) is 10.0 Å². The van der Waals surface area contributed by atoms with Gasteiger partial charge in [-0.15, -0.1) is 0 Å². The minimum atomic E-state index is -0.220. The third-order valence-electron chi connectivity index (χ3n) is 2.61. The number of hydrogen-bond donors (Lipinski definition) is 2. The molecule has 0 saturated carbocycles. The van der Waals surface area contributed by atoms with Crippen molar-refractivity contribution < 1.29 is 14.6 Å². The number of nitrogens with two attached hydrogens (primary N) is 1. The van der Waals surface area contributed by atoms with Crippen LogP contribution in [-0.4, -0.2) is 41.8 Å². The number of phenols is 1. The molecule has 1 aromatic carbocycles. The largest absolute Gasteiger partial charge is 0.508 e. The zero-order valence-corrected chi connectivity index (χ0v) is 12.7. The molecule has 1 atom stereocenters. The number of carbonyl (C=O) groups is 1. The van der Waals surface area contributed by atoms with Gasteiger partial charge in [0.05, 0.1) is 16.6 Å². The molecule has 1 unspecified atom stereocenters. The molecule has 1 aromatic rings. The predicted octanol–water partition coefficient (Wildman–Crippen LogP) is 2.87. The van der Waals surface area contributed by atoms with Crippen molar-refractivity contribution >= 4 is 29.3 Å². The van der Waals surface area contributed by atoms with E-state index in [1.807, 2.05) is 6.92 Å². The first kappa shape index (κ1) is 16.9. The number of halogens is 2. The summed E-state index contributed by atoms with van der Waals surface area (Å²) in [6.07, 6.45) is 0.656. The summed E-state index contributed by atoms with van der Waals surface area (Å²) >= 11 is 11.1. The number of amides is 1. The lowest BCUT2D eigenvalue weighted by Gasteiger charge is -2.09. The number of ether oxygens (including phenoxy) is 1. The lowest BCUT2D eigenvalue weighted by atomic mass is 10.3. The van der Waals surface area contributed by atoms with E-state index in [-0.39, 0.29) is 17.9 Å². The molecular formula is C13H18Cl2N2O3. The number of rotatable bonds is 3. The maximum atomic E-state index is 11.0. The van der Waals surface area contributed by atoms with Gasteiger partial charge in [-0.25, -0.2) is 4.79 Å². The van der Waals surface area contributed by atoms with Crippen LogP contribution < -0.4 is 5.73 Å². The highest BCUT2D eigenvalue weighted by atomic mass is 35.5. The molecular weight excluding hydrogens is 303 g/mol. The summed E-state index contributed by atoms with van der Waals surface area (Å²) in [6.45, 7) is 3.88. The van der Waals surface area contributed by atoms with Crippen molar-refractivity contribution in [3.8, 4) is 5.75 Å². The number of benzene rings is 1. The van der Waals surface area contributed by atoms with Crippen molar-refractivity contribution in [2.45, 2.75) is 19.4 Å². The number of phenolic OH excluding ortho intramolecular Hbond substituents is 1. The Labute approximate surface area is 128 Å². The molecule has 0 bridgehead atoms. The van der Waals surface area contributed by atoms with E-state index >= 15 is 0 Å². The first-order valence-electron chi connectivity index (χ1n) is 6.27. The zero-order valence-electron chi connectivity index (χ0n) is 11.2. The molecule has 1 saturated heterocycles. The van der Waals surface area contributed by atoms with Crippen LogP contribution >= 0.6 is 23.2 Å². The Hall–Kier alpha value is -1.17. The van der Waals surface area contributed by atoms with E-state index in [0.717, 1.165) is 13.0 Å². The van der Waals surface area contributed by atoms with Crippen molar-refractivity contribution in [3.05, 3.63) is 28.2 Å². The van der Waals surface area contributed by atoms with Gasteiger partial charge >= 0.3 is 6.09 Å². The molecule has 7 heteroatoms. The van der Waals surface area contributed by atoms with Crippen molar-refractivity contribution in [3.63, 3.8) is 0 Å². The molecule has 112 valence electrons. The van der Waals surface area contributed by atoms with E-state index in [9.17, 15) is 4.79 Å². The Balaban J connectivity index is 0.000000204. The summed E-state index contributed by atoms with van der Waals surface area (Å²) < 4.78 is 4.94. The van der Waals surface area contributed by atoms with E-state index < -0.39 is 0 Å². The molecule has 0 aliphatic carbocycles. The Bertz CT molecular complexity index is 457. The predicted molar refractivity (Wildman–Crippen MR) is 79.3 cm³/mol. The molecule has 1 fully saturated rings. The van der Waals surface area contributed by atoms with E-state index in [1.54, 1.807) is 11.0 Å². The molecule has 20 heavy (non-hydrogen) atoms. The molecule has 1 aliphatic rings. The van der Waals surface area contributed by atoms with Crippen LogP contribution in [0.25, 0.3) is 0 Å². The molecule has 0 aromatic heterocycles. The summed E-state index contributed by atoms with van der Waals surface area (Å²) in [5, 5.41) is 9.62. The van der Waals surface area contributed by atoms with Crippen molar-refractivity contribution in [1.82, 2.24) is 4.90 Å². The Kier molecular flexibility index (Phi) is 6.91. The number of cyclic esters (lactones) is 1. The van der Waals surface area contributed by atoms with E-state index in [4.69, 9.17) is 38.8 Å². The maximum Gasteiger partial charge on any atom is 0.410 e. The van der Waals surface area contributed by atoms with Gasteiger partial charge in [0.15, 0.2) is 0 Å². The fraction of sp³-hybridized carbons (Fsp3) is 0.462. The van der Waals surface area contributed by atoms with Gasteiger partial charge in [0.25, 0.3) is 0 Å². The Morgan fingerprint density at radius 3 is 2.60 bits per heavy atom. The summed E-state index contributed by atoms with van der Waals surface area (Å²) in [4.78, 5) is 12.7. The summed E-state index contributed by atoms with van der Waals surface area (Å²) in [7, 11) is 0. The van der Waals surface area contributed by atoms with Gasteiger partial charge in [-0.2, -0.15) is 0 Å². The SMILES string of the molecule is CCCN1CC(CN)OC1=O.Oc1ccc(Cl)c(Cl)c1. The summed E-state index contributed by atoms with van der Waals surface area (Å²) in [6, 6.07) is 4.41. The van der Waals surface area contributed by atoms with Gasteiger partial charge in [0, 0.05) is 13.1 Å². The average Bonchev–Trinajstić information content (AvgIpc) is 2.77. The molecule has 2 rings (SSSR count). The standard InChI is InChI=1S/C7H14N2O2.C6H4Cl2O/c1-2-3-9-5-6(4-8)11-7(9)10;7-5-2-1-4(9)3-6(5)8/h6H,2-5,8H2,1H3;1-3,9H. The second-order valence-electron chi connectivity index (χ2n) is 4.29. The van der Waals surface area contributed by atoms with Gasteiger partial charge < -0.3 is 20.5 Å². The molecule has 0 spiro atoms. The number of aromatic hydroxyl groups is 1. The molecule has 1 heterocycles. The van der Waals surface area contributed by atoms with E-state index in [1.165, 1.54) is 12.1 Å². The van der Waals surface area contributed by atoms with Gasteiger partial charge in [0.2, 0.25) is 0 Å². The third kappa shape index (κ3) is 5.07. The fourth-order valence-electron chi connectivity index (χ4n) is 1.63. The minimum Gasteiger partial charge on any atom is -0.508 e. The molecule has 1 aliphatic heterocycles. The number of hydrogen-bond acceptors (Lipinski definition) is 4. The highest BCUT2D eigenvalue weighted by molar-refractivity contribution is 6.42. The van der Waals surface area contributed by atoms with Crippen LogP contribution in [0.15, 0.2) is 18.2 Å². The quantitative estimate of drug-likeness (QED) is 0.897. The monoisotopic (exact) mass is 320 g/mol. The summed E-state index contributed by atoms with van der Waals surface area (Å²) in [5.74, 6) is 0.129. The number of nitrogens with zero attached hydrogens (tertiary/aromatic N) is 1. The Morgan fingerprint density at radius 2 is 2.15 bits per heavy atom. The van der Waals surface area contributed by atoms with E-state index in [0.29, 0.717) is 23.1 Å². The summed E-state index contributed by atoms with van der Waals surface area (Å²) in [5.41, 5.74) is 5.35. The van der Waals surface area contributed by atoms with Crippen molar-refractivity contribution in [2.75, 3.05) is 19.6 Å². The lowest BCUT2D eigenvalue weighted by molar-refractivity contribution is 0.135. The third-order valence-corrected chi connectivity index (χ3v) is 3.35. The topological polar surface area (TPSA) is 75.8 Å². The molecule has 3 N–H and O–H groups in total. The molecule has 5 nitrogen and oxygen atoms in total. The Morgan fingerprint density at radius 1 is 1.45 bits per heavy atom. The van der Waals surface area contributed by atoms with Crippen LogP contribution in [0, 0.1) is 0 Å². The van der Waals surface area contributed by atoms with Crippen LogP contribution in [0.1, 0.15) is 13.3 Å². The van der Waals surface area contributed by atoms with Crippen LogP contribution in [0.3, 0.4) is 0 Å². The zero-order chi connectivity index (χ0) is 15.1. The van der Waals surface area contributed by atoms with Gasteiger partial charge in [0.1, 0.15) is 11.9 Å². The highest BCUT2D eigenvalue weighted by Crippen LogP contribution is 2.25. The lowest BCUT2D eigenvalue weighted by Crippen LogP contribution is -2.28. The van der Waals surface area contributed by atoms with Crippen LogP contribution in [0.5, 0.6) is 5.75 Å². The highest BCUT2D eigenvalue weighted by Gasteiger charge is 2.28. The van der Waals surface area contributed by atoms with Gasteiger partial charge in [-0.1, -0.05) is 30.1 Å². The van der Waals surface area contributed by atoms with Gasteiger partial charge in [-0.3, -0.25) is 0 Å². The molecule has 0 radical (unpaired) electrons. The first-order chi connectivity index (χ1) is 9.47. The second kappa shape index (κ2) is 8.19. The fourth-order valence-corrected chi connectivity index (χ4v) is 1.93. The van der Waals surface area contributed by atoms with E-state index in [2.05, 4.69) is 0 Å². The number of carbonyl (C=O) groups excluding carboxylic acids is 1. The second-order valence-corrected chi connectivity index (χ2v) is 5.10. The van der Waals surface area contributed by atoms with Crippen molar-refractivity contribution in [1.29, 1.82) is 0 Å².